The summed E-state index contributed by atoms with van der Waals surface area (Å²) in [5.74, 6) is 0. The standard InChI is InChI=1S/C15H13Cl3N2O2S/c1-9-7-13(8-10(2)14(9)17)23(18,22)20-15(21)19-12-5-3-11(16)4-6-12/h3-8H,1-2H3,(H,19,21). The molecule has 0 heterocycles. The molecule has 0 fully saturated rings. The largest absolute Gasteiger partial charge is 0.354 e. The average Bonchev–Trinajstić information content (AvgIpc) is 2.46. The molecule has 4 nitrogen and oxygen atoms in total. The number of hydrogen-bond acceptors (Lipinski definition) is 2. The summed E-state index contributed by atoms with van der Waals surface area (Å²) in [6.45, 7) is 3.53. The minimum absolute atomic E-state index is 0.241. The van der Waals surface area contributed by atoms with Crippen LogP contribution in [0, 0.1) is 13.8 Å². The first-order chi connectivity index (χ1) is 10.7. The van der Waals surface area contributed by atoms with Crippen molar-refractivity contribution in [3.05, 3.63) is 57.6 Å². The number of anilines is 1. The Kier molecular flexibility index (Phi) is 5.57. The summed E-state index contributed by atoms with van der Waals surface area (Å²) in [4.78, 5) is 12.2. The van der Waals surface area contributed by atoms with Crippen LogP contribution in [0.1, 0.15) is 11.1 Å². The molecule has 0 radical (unpaired) electrons. The third kappa shape index (κ3) is 4.61. The van der Waals surface area contributed by atoms with E-state index in [4.69, 9.17) is 33.9 Å². The molecule has 0 bridgehead atoms. The van der Waals surface area contributed by atoms with Gasteiger partial charge < -0.3 is 5.32 Å². The normalized spacial score (nSPS) is 13.3. The summed E-state index contributed by atoms with van der Waals surface area (Å²) in [6, 6.07) is 8.73. The van der Waals surface area contributed by atoms with Crippen LogP contribution in [0.25, 0.3) is 0 Å². The van der Waals surface area contributed by atoms with Crippen molar-refractivity contribution < 1.29 is 9.00 Å². The molecule has 0 spiro atoms. The van der Waals surface area contributed by atoms with Gasteiger partial charge in [0.05, 0.1) is 4.90 Å². The van der Waals surface area contributed by atoms with Crippen molar-refractivity contribution in [2.24, 2.45) is 4.36 Å². The van der Waals surface area contributed by atoms with Crippen LogP contribution in [0.5, 0.6) is 0 Å². The fraction of sp³-hybridized carbons (Fsp3) is 0.133. The molecule has 2 rings (SSSR count). The van der Waals surface area contributed by atoms with Crippen LogP contribution in [-0.4, -0.2) is 10.2 Å². The van der Waals surface area contributed by atoms with Crippen molar-refractivity contribution in [3.8, 4) is 0 Å². The molecule has 0 aliphatic rings. The summed E-state index contributed by atoms with van der Waals surface area (Å²) >= 11 is 11.8. The van der Waals surface area contributed by atoms with Gasteiger partial charge in [0.15, 0.2) is 8.94 Å². The molecule has 0 saturated heterocycles. The number of benzene rings is 2. The Balaban J connectivity index is 2.31. The van der Waals surface area contributed by atoms with E-state index in [0.717, 1.165) is 0 Å². The Bertz CT molecular complexity index is 850. The zero-order valence-electron chi connectivity index (χ0n) is 12.3. The monoisotopic (exact) mass is 390 g/mol. The molecule has 2 aromatic rings. The zero-order valence-corrected chi connectivity index (χ0v) is 15.4. The first-order valence-electron chi connectivity index (χ1n) is 6.49. The predicted molar refractivity (Wildman–Crippen MR) is 96.1 cm³/mol. The summed E-state index contributed by atoms with van der Waals surface area (Å²) in [5.41, 5.74) is 1.89. The molecule has 0 aromatic heterocycles. The lowest BCUT2D eigenvalue weighted by molar-refractivity contribution is 0.260. The van der Waals surface area contributed by atoms with Crippen molar-refractivity contribution in [2.75, 3.05) is 5.32 Å². The first-order valence-corrected chi connectivity index (χ1v) is 9.59. The number of amides is 2. The molecule has 0 aliphatic carbocycles. The topological polar surface area (TPSA) is 58.5 Å². The van der Waals surface area contributed by atoms with E-state index in [9.17, 15) is 9.00 Å². The second kappa shape index (κ2) is 7.09. The molecule has 1 atom stereocenters. The quantitative estimate of drug-likeness (QED) is 0.655. The van der Waals surface area contributed by atoms with Crippen LogP contribution in [0.15, 0.2) is 45.7 Å². The van der Waals surface area contributed by atoms with E-state index in [2.05, 4.69) is 9.68 Å². The minimum Gasteiger partial charge on any atom is -0.306 e. The molecule has 8 heteroatoms. The van der Waals surface area contributed by atoms with Crippen LogP contribution in [0.2, 0.25) is 10.0 Å². The SMILES string of the molecule is Cc1cc(S(=O)(Cl)=NC(=O)Nc2ccc(Cl)cc2)cc(C)c1Cl. The highest BCUT2D eigenvalue weighted by atomic mass is 35.7. The second-order valence-electron chi connectivity index (χ2n) is 4.86. The Morgan fingerprint density at radius 3 is 2.13 bits per heavy atom. The molecular weight excluding hydrogens is 379 g/mol. The van der Waals surface area contributed by atoms with Gasteiger partial charge in [-0.15, -0.1) is 4.36 Å². The highest BCUT2D eigenvalue weighted by Gasteiger charge is 2.15. The molecule has 1 unspecified atom stereocenters. The second-order valence-corrected chi connectivity index (χ2v) is 8.50. The molecule has 122 valence electrons. The number of halogens is 3. The number of carbonyl (C=O) groups is 1. The fourth-order valence-corrected chi connectivity index (χ4v) is 3.59. The average molecular weight is 392 g/mol. The lowest BCUT2D eigenvalue weighted by Crippen LogP contribution is -2.08. The van der Waals surface area contributed by atoms with Crippen molar-refractivity contribution in [1.29, 1.82) is 0 Å². The fourth-order valence-electron chi connectivity index (χ4n) is 1.89. The highest BCUT2D eigenvalue weighted by molar-refractivity contribution is 8.15. The van der Waals surface area contributed by atoms with Crippen molar-refractivity contribution in [1.82, 2.24) is 0 Å². The number of carbonyl (C=O) groups excluding carboxylic acids is 1. The highest BCUT2D eigenvalue weighted by Crippen LogP contribution is 2.27. The van der Waals surface area contributed by atoms with Gasteiger partial charge in [-0.2, -0.15) is 0 Å². The van der Waals surface area contributed by atoms with Crippen molar-refractivity contribution >= 4 is 54.5 Å². The first kappa shape index (κ1) is 18.1. The van der Waals surface area contributed by atoms with E-state index in [0.29, 0.717) is 26.9 Å². The van der Waals surface area contributed by atoms with Crippen LogP contribution in [0.4, 0.5) is 10.5 Å². The molecule has 2 amide bonds. The third-order valence-corrected chi connectivity index (χ3v) is 5.80. The van der Waals surface area contributed by atoms with E-state index in [1.54, 1.807) is 50.2 Å². The number of nitrogens with one attached hydrogen (secondary N) is 1. The molecule has 0 aliphatic heterocycles. The Morgan fingerprint density at radius 2 is 1.61 bits per heavy atom. The van der Waals surface area contributed by atoms with Gasteiger partial charge in [0.25, 0.3) is 0 Å². The van der Waals surface area contributed by atoms with Gasteiger partial charge in [0.1, 0.15) is 0 Å². The Hall–Kier alpha value is -1.27. The van der Waals surface area contributed by atoms with E-state index in [1.165, 1.54) is 0 Å². The predicted octanol–water partition coefficient (Wildman–Crippen LogP) is 5.82. The van der Waals surface area contributed by atoms with E-state index in [-0.39, 0.29) is 4.90 Å². The van der Waals surface area contributed by atoms with Gasteiger partial charge in [0.2, 0.25) is 0 Å². The van der Waals surface area contributed by atoms with Gasteiger partial charge in [-0.1, -0.05) is 23.2 Å². The van der Waals surface area contributed by atoms with Crippen LogP contribution < -0.4 is 5.32 Å². The van der Waals surface area contributed by atoms with Gasteiger partial charge in [-0.25, -0.2) is 9.00 Å². The maximum atomic E-state index is 12.5. The summed E-state index contributed by atoms with van der Waals surface area (Å²) in [6.07, 6.45) is 0. The Labute approximate surface area is 149 Å². The maximum absolute atomic E-state index is 12.5. The lowest BCUT2D eigenvalue weighted by atomic mass is 10.2. The van der Waals surface area contributed by atoms with E-state index >= 15 is 0 Å². The summed E-state index contributed by atoms with van der Waals surface area (Å²) in [5, 5.41) is 3.58. The van der Waals surface area contributed by atoms with E-state index < -0.39 is 15.0 Å². The number of aryl methyl sites for hydroxylation is 2. The summed E-state index contributed by atoms with van der Waals surface area (Å²) < 4.78 is 16.1. The summed E-state index contributed by atoms with van der Waals surface area (Å²) in [7, 11) is 2.58. The lowest BCUT2D eigenvalue weighted by Gasteiger charge is -2.08. The van der Waals surface area contributed by atoms with Crippen LogP contribution in [0.3, 0.4) is 0 Å². The van der Waals surface area contributed by atoms with Gasteiger partial charge in [-0.05, 0) is 61.4 Å². The zero-order chi connectivity index (χ0) is 17.2. The molecular formula is C15H13Cl3N2O2S. The Morgan fingerprint density at radius 1 is 1.09 bits per heavy atom. The number of hydrogen-bond donors (Lipinski definition) is 1. The van der Waals surface area contributed by atoms with Gasteiger partial charge in [0, 0.05) is 26.4 Å². The van der Waals surface area contributed by atoms with Crippen molar-refractivity contribution in [2.45, 2.75) is 18.7 Å². The van der Waals surface area contributed by atoms with Crippen LogP contribution >= 0.6 is 33.9 Å². The molecule has 2 aromatic carbocycles. The number of urea groups is 1. The smallest absolute Gasteiger partial charge is 0.306 e. The number of rotatable bonds is 2. The maximum Gasteiger partial charge on any atom is 0.354 e. The molecule has 1 N–H and O–H groups in total. The van der Waals surface area contributed by atoms with Crippen LogP contribution in [-0.2, 0) is 8.94 Å². The van der Waals surface area contributed by atoms with Crippen molar-refractivity contribution in [3.63, 3.8) is 0 Å². The van der Waals surface area contributed by atoms with Gasteiger partial charge >= 0.3 is 6.03 Å². The molecule has 0 saturated carbocycles. The minimum atomic E-state index is -3.40. The van der Waals surface area contributed by atoms with E-state index in [1.807, 2.05) is 0 Å². The molecule has 23 heavy (non-hydrogen) atoms. The van der Waals surface area contributed by atoms with Gasteiger partial charge in [-0.3, -0.25) is 0 Å². The number of nitrogens with zero attached hydrogens (tertiary/aromatic N) is 1. The third-order valence-electron chi connectivity index (χ3n) is 3.00.